The van der Waals surface area contributed by atoms with E-state index in [9.17, 15) is 5.11 Å². The van der Waals surface area contributed by atoms with Crippen LogP contribution in [0.2, 0.25) is 0 Å². The number of nitrogens with one attached hydrogen (secondary N) is 1. The largest absolute Gasteiger partial charge is 0.387 e. The fourth-order valence-corrected chi connectivity index (χ4v) is 2.06. The third-order valence-corrected chi connectivity index (χ3v) is 2.91. The van der Waals surface area contributed by atoms with Crippen molar-refractivity contribution in [3.05, 3.63) is 46.7 Å². The predicted molar refractivity (Wildman–Crippen MR) is 63.0 cm³/mol. The maximum absolute atomic E-state index is 9.80. The fraction of sp³-hybridized carbons (Fsp3) is 0.273. The lowest BCUT2D eigenvalue weighted by Crippen LogP contribution is -2.20. The normalized spacial score (nSPS) is 12.6. The molecular weight excluding hydrogens is 222 g/mol. The van der Waals surface area contributed by atoms with Gasteiger partial charge in [-0.1, -0.05) is 0 Å². The average molecular weight is 235 g/mol. The standard InChI is InChI=1S/C11H13N3OS/c15-11(10-1-2-16-7-10)6-12-3-9-4-13-8-14-5-9/h1-2,4-5,7-8,11-12,15H,3,6H2. The minimum atomic E-state index is -0.448. The zero-order chi connectivity index (χ0) is 11.2. The van der Waals surface area contributed by atoms with E-state index in [4.69, 9.17) is 0 Å². The number of hydrogen-bond donors (Lipinski definition) is 2. The first-order valence-corrected chi connectivity index (χ1v) is 5.95. The molecule has 0 aliphatic rings. The van der Waals surface area contributed by atoms with Crippen LogP contribution in [0.3, 0.4) is 0 Å². The van der Waals surface area contributed by atoms with Gasteiger partial charge in [-0.25, -0.2) is 9.97 Å². The molecule has 2 aromatic heterocycles. The third-order valence-electron chi connectivity index (χ3n) is 2.21. The topological polar surface area (TPSA) is 58.0 Å². The highest BCUT2D eigenvalue weighted by molar-refractivity contribution is 7.07. The summed E-state index contributed by atoms with van der Waals surface area (Å²) in [5.41, 5.74) is 1.97. The molecule has 0 aliphatic carbocycles. The van der Waals surface area contributed by atoms with Gasteiger partial charge in [0.15, 0.2) is 0 Å². The maximum Gasteiger partial charge on any atom is 0.115 e. The fourth-order valence-electron chi connectivity index (χ4n) is 1.36. The van der Waals surface area contributed by atoms with Crippen molar-refractivity contribution in [3.8, 4) is 0 Å². The Kier molecular flexibility index (Phi) is 3.98. The van der Waals surface area contributed by atoms with Gasteiger partial charge in [-0.3, -0.25) is 0 Å². The van der Waals surface area contributed by atoms with E-state index in [-0.39, 0.29) is 0 Å². The molecule has 0 radical (unpaired) electrons. The van der Waals surface area contributed by atoms with Crippen LogP contribution < -0.4 is 5.32 Å². The molecule has 0 aromatic carbocycles. The number of thiophene rings is 1. The molecule has 0 aliphatic heterocycles. The highest BCUT2D eigenvalue weighted by Gasteiger charge is 2.06. The van der Waals surface area contributed by atoms with Crippen molar-refractivity contribution in [2.24, 2.45) is 0 Å². The predicted octanol–water partition coefficient (Wildman–Crippen LogP) is 1.36. The second-order valence-electron chi connectivity index (χ2n) is 3.45. The Balaban J connectivity index is 1.76. The lowest BCUT2D eigenvalue weighted by Gasteiger charge is -2.09. The van der Waals surface area contributed by atoms with E-state index in [0.717, 1.165) is 11.1 Å². The Morgan fingerprint density at radius 2 is 2.19 bits per heavy atom. The lowest BCUT2D eigenvalue weighted by atomic mass is 10.2. The molecule has 4 nitrogen and oxygen atoms in total. The smallest absolute Gasteiger partial charge is 0.115 e. The summed E-state index contributed by atoms with van der Waals surface area (Å²) in [5.74, 6) is 0. The summed E-state index contributed by atoms with van der Waals surface area (Å²) < 4.78 is 0. The van der Waals surface area contributed by atoms with Gasteiger partial charge in [0.25, 0.3) is 0 Å². The van der Waals surface area contributed by atoms with E-state index in [0.29, 0.717) is 13.1 Å². The number of aliphatic hydroxyl groups excluding tert-OH is 1. The molecule has 0 saturated carbocycles. The lowest BCUT2D eigenvalue weighted by molar-refractivity contribution is 0.175. The van der Waals surface area contributed by atoms with Crippen molar-refractivity contribution in [2.75, 3.05) is 6.54 Å². The Labute approximate surface area is 98.0 Å². The number of aliphatic hydroxyl groups is 1. The van der Waals surface area contributed by atoms with Crippen molar-refractivity contribution in [1.29, 1.82) is 0 Å². The summed E-state index contributed by atoms with van der Waals surface area (Å²) in [6.45, 7) is 1.20. The minimum Gasteiger partial charge on any atom is -0.387 e. The van der Waals surface area contributed by atoms with Crippen LogP contribution in [0.4, 0.5) is 0 Å². The Hall–Kier alpha value is -1.30. The first kappa shape index (κ1) is 11.2. The molecule has 0 amide bonds. The number of hydrogen-bond acceptors (Lipinski definition) is 5. The van der Waals surface area contributed by atoms with Crippen molar-refractivity contribution < 1.29 is 5.11 Å². The van der Waals surface area contributed by atoms with Crippen LogP contribution in [-0.2, 0) is 6.54 Å². The zero-order valence-electron chi connectivity index (χ0n) is 8.71. The molecule has 2 N–H and O–H groups in total. The summed E-state index contributed by atoms with van der Waals surface area (Å²) in [6, 6.07) is 1.93. The highest BCUT2D eigenvalue weighted by atomic mass is 32.1. The monoisotopic (exact) mass is 235 g/mol. The van der Waals surface area contributed by atoms with E-state index in [1.54, 1.807) is 23.7 Å². The molecule has 2 aromatic rings. The van der Waals surface area contributed by atoms with Crippen LogP contribution in [-0.4, -0.2) is 21.6 Å². The van der Waals surface area contributed by atoms with Crippen LogP contribution in [0.5, 0.6) is 0 Å². The first-order valence-electron chi connectivity index (χ1n) is 5.01. The molecule has 0 spiro atoms. The molecule has 2 heterocycles. The highest BCUT2D eigenvalue weighted by Crippen LogP contribution is 2.15. The van der Waals surface area contributed by atoms with Gasteiger partial charge < -0.3 is 10.4 Å². The van der Waals surface area contributed by atoms with Crippen LogP contribution in [0.1, 0.15) is 17.2 Å². The second kappa shape index (κ2) is 5.69. The molecule has 1 atom stereocenters. The SMILES string of the molecule is OC(CNCc1cncnc1)c1ccsc1. The molecule has 0 bridgehead atoms. The van der Waals surface area contributed by atoms with Crippen molar-refractivity contribution in [3.63, 3.8) is 0 Å². The Bertz CT molecular complexity index is 404. The second-order valence-corrected chi connectivity index (χ2v) is 4.23. The van der Waals surface area contributed by atoms with Crippen molar-refractivity contribution in [2.45, 2.75) is 12.6 Å². The summed E-state index contributed by atoms with van der Waals surface area (Å²) in [6.07, 6.45) is 4.58. The molecule has 0 saturated heterocycles. The quantitative estimate of drug-likeness (QED) is 0.821. The minimum absolute atomic E-state index is 0.448. The molecule has 5 heteroatoms. The summed E-state index contributed by atoms with van der Waals surface area (Å²) in [5, 5.41) is 16.9. The van der Waals surface area contributed by atoms with Gasteiger partial charge in [-0.05, 0) is 22.4 Å². The van der Waals surface area contributed by atoms with E-state index in [1.165, 1.54) is 6.33 Å². The van der Waals surface area contributed by atoms with Crippen molar-refractivity contribution >= 4 is 11.3 Å². The summed E-state index contributed by atoms with van der Waals surface area (Å²) >= 11 is 1.59. The molecule has 84 valence electrons. The first-order chi connectivity index (χ1) is 7.86. The molecule has 2 rings (SSSR count). The van der Waals surface area contributed by atoms with Gasteiger partial charge >= 0.3 is 0 Å². The van der Waals surface area contributed by atoms with E-state index in [1.807, 2.05) is 16.8 Å². The van der Waals surface area contributed by atoms with Gasteiger partial charge in [0, 0.05) is 31.0 Å². The summed E-state index contributed by atoms with van der Waals surface area (Å²) in [4.78, 5) is 7.84. The maximum atomic E-state index is 9.80. The number of aromatic nitrogens is 2. The molecular formula is C11H13N3OS. The summed E-state index contributed by atoms with van der Waals surface area (Å²) in [7, 11) is 0. The van der Waals surface area contributed by atoms with Crippen LogP contribution in [0.25, 0.3) is 0 Å². The van der Waals surface area contributed by atoms with Crippen molar-refractivity contribution in [1.82, 2.24) is 15.3 Å². The van der Waals surface area contributed by atoms with E-state index < -0.39 is 6.10 Å². The van der Waals surface area contributed by atoms with E-state index in [2.05, 4.69) is 15.3 Å². The van der Waals surface area contributed by atoms with Crippen LogP contribution in [0.15, 0.2) is 35.5 Å². The van der Waals surface area contributed by atoms with E-state index >= 15 is 0 Å². The molecule has 0 fully saturated rings. The molecule has 16 heavy (non-hydrogen) atoms. The average Bonchev–Trinajstić information content (AvgIpc) is 2.84. The molecule has 1 unspecified atom stereocenters. The number of nitrogens with zero attached hydrogens (tertiary/aromatic N) is 2. The van der Waals surface area contributed by atoms with Crippen LogP contribution in [0, 0.1) is 0 Å². The van der Waals surface area contributed by atoms with Gasteiger partial charge in [0.2, 0.25) is 0 Å². The van der Waals surface area contributed by atoms with Gasteiger partial charge in [0.1, 0.15) is 6.33 Å². The number of rotatable bonds is 5. The van der Waals surface area contributed by atoms with Crippen LogP contribution >= 0.6 is 11.3 Å². The zero-order valence-corrected chi connectivity index (χ0v) is 9.52. The Morgan fingerprint density at radius 1 is 1.38 bits per heavy atom. The van der Waals surface area contributed by atoms with Gasteiger partial charge in [0.05, 0.1) is 6.10 Å². The third kappa shape index (κ3) is 3.10. The van der Waals surface area contributed by atoms with Gasteiger partial charge in [-0.15, -0.1) is 0 Å². The van der Waals surface area contributed by atoms with Gasteiger partial charge in [-0.2, -0.15) is 11.3 Å². The Morgan fingerprint density at radius 3 is 2.88 bits per heavy atom.